The highest BCUT2D eigenvalue weighted by Crippen LogP contribution is 2.39. The van der Waals surface area contributed by atoms with E-state index in [1.54, 1.807) is 9.80 Å². The number of aliphatic hydroxyl groups excluding tert-OH is 2. The minimum atomic E-state index is -0.600. The molecule has 340 valence electrons. The van der Waals surface area contributed by atoms with E-state index in [2.05, 4.69) is 11.8 Å². The van der Waals surface area contributed by atoms with Gasteiger partial charge in [-0.3, -0.25) is 19.2 Å². The first-order valence-electron chi connectivity index (χ1n) is 22.6. The van der Waals surface area contributed by atoms with Gasteiger partial charge in [-0.25, -0.2) is 0 Å². The number of Topliss-reactive ketones (excluding diaryl/α,β-unsaturated/α-hetero) is 2. The summed E-state index contributed by atoms with van der Waals surface area (Å²) < 4.78 is 11.7. The first-order chi connectivity index (χ1) is 30.9. The van der Waals surface area contributed by atoms with Crippen molar-refractivity contribution >= 4 is 23.4 Å². The van der Waals surface area contributed by atoms with Crippen molar-refractivity contribution in [2.24, 2.45) is 0 Å². The maximum Gasteiger partial charge on any atom is 0.290 e. The van der Waals surface area contributed by atoms with Gasteiger partial charge in [-0.1, -0.05) is 124 Å². The summed E-state index contributed by atoms with van der Waals surface area (Å²) in [7, 11) is 4.05. The van der Waals surface area contributed by atoms with Gasteiger partial charge in [0, 0.05) is 19.6 Å². The number of ether oxygens (including phenoxy) is 2. The highest BCUT2D eigenvalue weighted by atomic mass is 16.5. The van der Waals surface area contributed by atoms with E-state index < -0.39 is 35.4 Å². The molecular weight excluding hydrogens is 807 g/mol. The zero-order valence-corrected chi connectivity index (χ0v) is 38.1. The quantitative estimate of drug-likeness (QED) is 0.0699. The van der Waals surface area contributed by atoms with Gasteiger partial charge in [-0.15, -0.1) is 0 Å². The molecular formula is C53H65N3O8. The molecule has 0 saturated heterocycles. The van der Waals surface area contributed by atoms with E-state index in [9.17, 15) is 29.4 Å². The van der Waals surface area contributed by atoms with Crippen molar-refractivity contribution in [3.8, 4) is 11.5 Å². The largest absolute Gasteiger partial charge is 0.503 e. The van der Waals surface area contributed by atoms with Gasteiger partial charge < -0.3 is 34.4 Å². The lowest BCUT2D eigenvalue weighted by atomic mass is 9.96. The maximum absolute atomic E-state index is 12.8. The minimum absolute atomic E-state index is 0.151. The van der Waals surface area contributed by atoms with E-state index in [0.717, 1.165) is 53.1 Å². The van der Waals surface area contributed by atoms with Crippen LogP contribution in [0.1, 0.15) is 100 Å². The summed E-state index contributed by atoms with van der Waals surface area (Å²) >= 11 is 0. The predicted molar refractivity (Wildman–Crippen MR) is 250 cm³/mol. The minimum Gasteiger partial charge on any atom is -0.503 e. The van der Waals surface area contributed by atoms with Crippen LogP contribution in [-0.4, -0.2) is 95.2 Å². The highest BCUT2D eigenvalue weighted by molar-refractivity contribution is 6.08. The molecule has 0 bridgehead atoms. The molecule has 4 aromatic rings. The van der Waals surface area contributed by atoms with Crippen LogP contribution >= 0.6 is 0 Å². The van der Waals surface area contributed by atoms with E-state index in [4.69, 9.17) is 9.47 Å². The summed E-state index contributed by atoms with van der Waals surface area (Å²) in [4.78, 5) is 55.4. The summed E-state index contributed by atoms with van der Waals surface area (Å²) in [5.74, 6) is -0.984. The Hall–Kier alpha value is -6.20. The standard InChI is InChI=1S/C28H35NO4.C25H30N2O4/c1-3-4-5-6-7-11-20-33-24-16-14-23(15-17-24)26-25(21(2)30)27(31)28(32)29(26)19-18-22-12-9-8-10-13-22;1-18(28)22-23(20-10-12-21(13-11-20)31-17-7-15-26(2)3)27(25(30)24(22)29)16-14-19-8-5-4-6-9-19/h8-10,12-17,26,31H,3-7,11,18-20H2,1-2H3;4-6,8-13,23,29H,7,14-17H2,1-3H3. The number of hydrogen-bond donors (Lipinski definition) is 2. The Morgan fingerprint density at radius 1 is 0.562 bits per heavy atom. The van der Waals surface area contributed by atoms with Crippen LogP contribution in [0.5, 0.6) is 11.5 Å². The van der Waals surface area contributed by atoms with Crippen molar-refractivity contribution in [2.75, 3.05) is 46.9 Å². The van der Waals surface area contributed by atoms with Crippen molar-refractivity contribution < 1.29 is 38.9 Å². The lowest BCUT2D eigenvalue weighted by molar-refractivity contribution is -0.130. The number of aliphatic hydroxyl groups is 2. The molecule has 2 atom stereocenters. The molecule has 2 heterocycles. The second kappa shape index (κ2) is 24.6. The number of benzene rings is 4. The van der Waals surface area contributed by atoms with Gasteiger partial charge >= 0.3 is 0 Å². The normalized spacial score (nSPS) is 16.1. The lowest BCUT2D eigenvalue weighted by Gasteiger charge is -2.27. The van der Waals surface area contributed by atoms with E-state index in [1.165, 1.54) is 46.0 Å². The first-order valence-corrected chi connectivity index (χ1v) is 22.6. The smallest absolute Gasteiger partial charge is 0.290 e. The molecule has 2 unspecified atom stereocenters. The second-order valence-electron chi connectivity index (χ2n) is 16.7. The van der Waals surface area contributed by atoms with E-state index in [0.29, 0.717) is 39.1 Å². The van der Waals surface area contributed by atoms with Crippen molar-refractivity contribution in [1.29, 1.82) is 0 Å². The Bertz CT molecular complexity index is 2200. The Kier molecular flexibility index (Phi) is 18.8. The molecule has 2 aliphatic rings. The molecule has 0 fully saturated rings. The van der Waals surface area contributed by atoms with Crippen molar-refractivity contribution in [2.45, 2.75) is 90.6 Å². The highest BCUT2D eigenvalue weighted by Gasteiger charge is 2.43. The fraction of sp³-hybridized carbons (Fsp3) is 0.396. The van der Waals surface area contributed by atoms with Crippen molar-refractivity contribution in [1.82, 2.24) is 14.7 Å². The Labute approximate surface area is 379 Å². The molecule has 11 nitrogen and oxygen atoms in total. The number of carbonyl (C=O) groups is 4. The molecule has 0 radical (unpaired) electrons. The fourth-order valence-electron chi connectivity index (χ4n) is 8.11. The average molecular weight is 872 g/mol. The SMILES string of the molecule is CC(=O)C1=C(O)C(=O)N(CCc2ccccc2)C1c1ccc(OCCCN(C)C)cc1.CCCCCCCCOc1ccc(C2C(C(C)=O)=C(O)C(=O)N2CCc2ccccc2)cc1. The third kappa shape index (κ3) is 13.4. The molecule has 11 heteroatoms. The van der Waals surface area contributed by atoms with Crippen LogP contribution in [0, 0.1) is 0 Å². The predicted octanol–water partition coefficient (Wildman–Crippen LogP) is 9.50. The fourth-order valence-corrected chi connectivity index (χ4v) is 8.11. The average Bonchev–Trinajstić information content (AvgIpc) is 3.71. The topological polar surface area (TPSA) is 137 Å². The Balaban J connectivity index is 0.000000241. The van der Waals surface area contributed by atoms with Crippen LogP contribution < -0.4 is 9.47 Å². The number of rotatable bonds is 23. The van der Waals surface area contributed by atoms with E-state index in [1.807, 2.05) is 123 Å². The molecule has 2 N–H and O–H groups in total. The molecule has 2 amide bonds. The molecule has 0 aromatic heterocycles. The molecule has 2 aliphatic heterocycles. The first kappa shape index (κ1) is 48.8. The van der Waals surface area contributed by atoms with E-state index in [-0.39, 0.29) is 22.7 Å². The zero-order chi connectivity index (χ0) is 46.0. The number of unbranched alkanes of at least 4 members (excludes halogenated alkanes) is 5. The van der Waals surface area contributed by atoms with Gasteiger partial charge in [0.2, 0.25) is 0 Å². The van der Waals surface area contributed by atoms with Gasteiger partial charge in [-0.2, -0.15) is 0 Å². The summed E-state index contributed by atoms with van der Waals surface area (Å²) in [6.07, 6.45) is 9.46. The van der Waals surface area contributed by atoms with Crippen LogP contribution in [-0.2, 0) is 32.0 Å². The second-order valence-corrected chi connectivity index (χ2v) is 16.7. The number of nitrogens with zero attached hydrogens (tertiary/aromatic N) is 3. The molecule has 0 saturated carbocycles. The van der Waals surface area contributed by atoms with E-state index >= 15 is 0 Å². The monoisotopic (exact) mass is 871 g/mol. The van der Waals surface area contributed by atoms with Gasteiger partial charge in [0.25, 0.3) is 11.8 Å². The zero-order valence-electron chi connectivity index (χ0n) is 38.1. The van der Waals surface area contributed by atoms with Gasteiger partial charge in [0.15, 0.2) is 23.1 Å². The third-order valence-corrected chi connectivity index (χ3v) is 11.5. The van der Waals surface area contributed by atoms with Crippen LogP contribution in [0.4, 0.5) is 0 Å². The summed E-state index contributed by atoms with van der Waals surface area (Å²) in [5, 5.41) is 20.9. The number of ketones is 2. The summed E-state index contributed by atoms with van der Waals surface area (Å²) in [6.45, 7) is 8.04. The van der Waals surface area contributed by atoms with Crippen LogP contribution in [0.25, 0.3) is 0 Å². The molecule has 64 heavy (non-hydrogen) atoms. The van der Waals surface area contributed by atoms with Gasteiger partial charge in [0.1, 0.15) is 11.5 Å². The molecule has 6 rings (SSSR count). The Morgan fingerprint density at radius 3 is 1.34 bits per heavy atom. The maximum atomic E-state index is 12.8. The Morgan fingerprint density at radius 2 is 0.953 bits per heavy atom. The number of amides is 2. The van der Waals surface area contributed by atoms with Gasteiger partial charge in [0.05, 0.1) is 36.4 Å². The number of hydrogen-bond acceptors (Lipinski definition) is 9. The van der Waals surface area contributed by atoms with Crippen LogP contribution in [0.2, 0.25) is 0 Å². The molecule has 0 spiro atoms. The van der Waals surface area contributed by atoms with Gasteiger partial charge in [-0.05, 0) is 100 Å². The summed E-state index contributed by atoms with van der Waals surface area (Å²) in [5.41, 5.74) is 4.06. The lowest BCUT2D eigenvalue weighted by Crippen LogP contribution is -2.32. The van der Waals surface area contributed by atoms with Crippen molar-refractivity contribution in [3.63, 3.8) is 0 Å². The molecule has 0 aliphatic carbocycles. The molecule has 4 aromatic carbocycles. The van der Waals surface area contributed by atoms with Crippen LogP contribution in [0.15, 0.2) is 132 Å². The van der Waals surface area contributed by atoms with Crippen LogP contribution in [0.3, 0.4) is 0 Å². The van der Waals surface area contributed by atoms with Crippen molar-refractivity contribution in [3.05, 3.63) is 154 Å². The summed E-state index contributed by atoms with van der Waals surface area (Å²) in [6, 6.07) is 33.4. The third-order valence-electron chi connectivity index (χ3n) is 11.5. The number of carbonyl (C=O) groups excluding carboxylic acids is 4.